The molecule has 2 fully saturated rings. The highest BCUT2D eigenvalue weighted by molar-refractivity contribution is 5.85. The second-order valence-corrected chi connectivity index (χ2v) is 6.88. The van der Waals surface area contributed by atoms with E-state index in [0.29, 0.717) is 13.1 Å². The average Bonchev–Trinajstić information content (AvgIpc) is 3.02. The van der Waals surface area contributed by atoms with E-state index in [4.69, 9.17) is 15.7 Å². The number of rotatable bonds is 2. The van der Waals surface area contributed by atoms with Gasteiger partial charge in [0.15, 0.2) is 6.10 Å². The van der Waals surface area contributed by atoms with Gasteiger partial charge in [-0.2, -0.15) is 18.4 Å². The molecular weight excluding hydrogens is 397 g/mol. The summed E-state index contributed by atoms with van der Waals surface area (Å²) in [7, 11) is 0. The number of nitriles is 1. The number of hydrogen-bond acceptors (Lipinski definition) is 5. The number of halogens is 4. The molecule has 3 rings (SSSR count). The number of carbonyl (C=O) groups is 1. The molecular formula is C18H22ClF3N4O2. The minimum absolute atomic E-state index is 0. The summed E-state index contributed by atoms with van der Waals surface area (Å²) >= 11 is 0. The van der Waals surface area contributed by atoms with Crippen LogP contribution in [0.1, 0.15) is 30.9 Å². The normalized spacial score (nSPS) is 23.3. The molecule has 2 N–H and O–H groups in total. The highest BCUT2D eigenvalue weighted by atomic mass is 35.5. The van der Waals surface area contributed by atoms with Gasteiger partial charge in [0.2, 0.25) is 0 Å². The van der Waals surface area contributed by atoms with E-state index in [-0.39, 0.29) is 36.6 Å². The molecule has 2 atom stereocenters. The number of nitrogens with two attached hydrogens (primary N) is 1. The van der Waals surface area contributed by atoms with Crippen LogP contribution in [0, 0.1) is 11.3 Å². The summed E-state index contributed by atoms with van der Waals surface area (Å²) in [6, 6.07) is 5.18. The maximum Gasteiger partial charge on any atom is 0.417 e. The monoisotopic (exact) mass is 418 g/mol. The molecule has 0 radical (unpaired) electrons. The minimum Gasteiger partial charge on any atom is -0.344 e. The first-order valence-corrected chi connectivity index (χ1v) is 8.78. The van der Waals surface area contributed by atoms with Gasteiger partial charge in [-0.05, 0) is 38.0 Å². The Morgan fingerprint density at radius 1 is 1.32 bits per heavy atom. The number of nitrogens with zero attached hydrogens (tertiary/aromatic N) is 3. The van der Waals surface area contributed by atoms with Gasteiger partial charge < -0.3 is 20.3 Å². The third-order valence-corrected chi connectivity index (χ3v) is 5.05. The quantitative estimate of drug-likeness (QED) is 0.798. The lowest BCUT2D eigenvalue weighted by molar-refractivity contribution is -0.143. The second kappa shape index (κ2) is 8.55. The van der Waals surface area contributed by atoms with E-state index < -0.39 is 29.6 Å². The van der Waals surface area contributed by atoms with Crippen molar-refractivity contribution in [3.05, 3.63) is 29.3 Å². The zero-order valence-corrected chi connectivity index (χ0v) is 16.1. The van der Waals surface area contributed by atoms with Crippen molar-refractivity contribution in [1.29, 1.82) is 5.26 Å². The summed E-state index contributed by atoms with van der Waals surface area (Å²) in [6.07, 6.45) is -4.48. The molecule has 0 bridgehead atoms. The van der Waals surface area contributed by atoms with Gasteiger partial charge in [0.25, 0.3) is 5.91 Å². The number of likely N-dealkylation sites (tertiary alicyclic amines) is 1. The summed E-state index contributed by atoms with van der Waals surface area (Å²) in [5, 5.41) is 8.92. The Balaban J connectivity index is 0.00000280. The zero-order chi connectivity index (χ0) is 19.8. The van der Waals surface area contributed by atoms with Crippen LogP contribution in [0.4, 0.5) is 18.9 Å². The van der Waals surface area contributed by atoms with Crippen LogP contribution in [0.5, 0.6) is 0 Å². The van der Waals surface area contributed by atoms with E-state index in [1.165, 1.54) is 6.07 Å². The Bertz CT molecular complexity index is 760. The van der Waals surface area contributed by atoms with Crippen molar-refractivity contribution >= 4 is 24.0 Å². The van der Waals surface area contributed by atoms with Gasteiger partial charge in [-0.1, -0.05) is 0 Å². The van der Waals surface area contributed by atoms with Gasteiger partial charge in [0, 0.05) is 24.8 Å². The van der Waals surface area contributed by atoms with E-state index in [9.17, 15) is 18.0 Å². The van der Waals surface area contributed by atoms with Gasteiger partial charge in [0.1, 0.15) is 6.23 Å². The number of anilines is 1. The van der Waals surface area contributed by atoms with Crippen molar-refractivity contribution in [2.45, 2.75) is 44.3 Å². The fourth-order valence-electron chi connectivity index (χ4n) is 3.50. The van der Waals surface area contributed by atoms with Gasteiger partial charge in [0.05, 0.1) is 23.7 Å². The van der Waals surface area contributed by atoms with Crippen molar-refractivity contribution in [1.82, 2.24) is 4.90 Å². The van der Waals surface area contributed by atoms with E-state index in [0.717, 1.165) is 25.0 Å². The molecule has 1 aromatic carbocycles. The lowest BCUT2D eigenvalue weighted by Gasteiger charge is -2.31. The number of carbonyl (C=O) groups excluding carboxylic acids is 1. The maximum absolute atomic E-state index is 13.2. The molecule has 2 saturated heterocycles. The first kappa shape index (κ1) is 22.3. The lowest BCUT2D eigenvalue weighted by atomic mass is 10.1. The fourth-order valence-corrected chi connectivity index (χ4v) is 3.50. The summed E-state index contributed by atoms with van der Waals surface area (Å²) in [4.78, 5) is 16.0. The van der Waals surface area contributed by atoms with Gasteiger partial charge in [-0.3, -0.25) is 4.79 Å². The van der Waals surface area contributed by atoms with Crippen molar-refractivity contribution in [3.8, 4) is 6.07 Å². The minimum atomic E-state index is -4.63. The molecule has 2 heterocycles. The number of ether oxygens (including phenoxy) is 1. The topological polar surface area (TPSA) is 82.6 Å². The van der Waals surface area contributed by atoms with E-state index in [2.05, 4.69) is 0 Å². The number of alkyl halides is 3. The summed E-state index contributed by atoms with van der Waals surface area (Å²) in [5.41, 5.74) is 4.69. The van der Waals surface area contributed by atoms with Crippen molar-refractivity contribution in [2.24, 2.45) is 5.73 Å². The molecule has 28 heavy (non-hydrogen) atoms. The Morgan fingerprint density at radius 3 is 2.54 bits per heavy atom. The summed E-state index contributed by atoms with van der Waals surface area (Å²) in [5.74, 6) is -0.166. The molecule has 10 heteroatoms. The van der Waals surface area contributed by atoms with Crippen molar-refractivity contribution in [2.75, 3.05) is 24.5 Å². The second-order valence-electron chi connectivity index (χ2n) is 6.88. The van der Waals surface area contributed by atoms with Crippen LogP contribution in [0.2, 0.25) is 0 Å². The third kappa shape index (κ3) is 4.51. The third-order valence-electron chi connectivity index (χ3n) is 5.05. The first-order valence-electron chi connectivity index (χ1n) is 8.78. The number of hydrogen-bond donors (Lipinski definition) is 1. The molecule has 0 spiro atoms. The molecule has 1 amide bonds. The van der Waals surface area contributed by atoms with Gasteiger partial charge in [-0.15, -0.1) is 12.4 Å². The molecule has 2 aliphatic heterocycles. The highest BCUT2D eigenvalue weighted by Gasteiger charge is 2.39. The van der Waals surface area contributed by atoms with E-state index in [1.807, 2.05) is 0 Å². The largest absolute Gasteiger partial charge is 0.417 e. The fraction of sp³-hybridized carbons (Fsp3) is 0.556. The number of benzene rings is 1. The number of piperidine rings is 1. The number of amides is 1. The Hall–Kier alpha value is -2.02. The molecule has 154 valence electrons. The van der Waals surface area contributed by atoms with Crippen molar-refractivity contribution in [3.63, 3.8) is 0 Å². The average molecular weight is 419 g/mol. The van der Waals surface area contributed by atoms with Crippen LogP contribution in [0.15, 0.2) is 18.2 Å². The predicted octanol–water partition coefficient (Wildman–Crippen LogP) is 2.50. The van der Waals surface area contributed by atoms with Crippen LogP contribution < -0.4 is 10.6 Å². The maximum atomic E-state index is 13.2. The highest BCUT2D eigenvalue weighted by Crippen LogP contribution is 2.36. The molecule has 2 aliphatic rings. The first-order chi connectivity index (χ1) is 12.7. The molecule has 0 aromatic heterocycles. The summed E-state index contributed by atoms with van der Waals surface area (Å²) in [6.45, 7) is 2.96. The lowest BCUT2D eigenvalue weighted by Crippen LogP contribution is -2.47. The molecule has 0 aliphatic carbocycles. The van der Waals surface area contributed by atoms with E-state index >= 15 is 0 Å². The van der Waals surface area contributed by atoms with Crippen LogP contribution in [-0.2, 0) is 15.7 Å². The zero-order valence-electron chi connectivity index (χ0n) is 15.3. The standard InChI is InChI=1S/C18H21F3N4O2.ClH/c1-11-25(14-3-2-12(9-22)15(8-14)18(19,20)21)10-16(27-11)17(26)24-6-4-13(23)5-7-24;/h2-3,8,11,13,16H,4-7,10,23H2,1H3;1H/t11-,16+;/m1./s1. The van der Waals surface area contributed by atoms with Gasteiger partial charge in [-0.25, -0.2) is 0 Å². The Morgan fingerprint density at radius 2 is 1.96 bits per heavy atom. The summed E-state index contributed by atoms with van der Waals surface area (Å²) < 4.78 is 45.3. The smallest absolute Gasteiger partial charge is 0.344 e. The van der Waals surface area contributed by atoms with Crippen LogP contribution >= 0.6 is 12.4 Å². The molecule has 0 saturated carbocycles. The molecule has 0 unspecified atom stereocenters. The van der Waals surface area contributed by atoms with Gasteiger partial charge >= 0.3 is 6.18 Å². The molecule has 6 nitrogen and oxygen atoms in total. The van der Waals surface area contributed by atoms with Crippen LogP contribution in [-0.4, -0.2) is 48.8 Å². The predicted molar refractivity (Wildman–Crippen MR) is 98.9 cm³/mol. The Labute approximate surface area is 167 Å². The van der Waals surface area contributed by atoms with Crippen molar-refractivity contribution < 1.29 is 22.7 Å². The SMILES string of the molecule is C[C@H]1O[C@H](C(=O)N2CCC(N)CC2)CN1c1ccc(C#N)c(C(F)(F)F)c1.Cl. The van der Waals surface area contributed by atoms with Crippen LogP contribution in [0.25, 0.3) is 0 Å². The Kier molecular flexibility index (Phi) is 6.80. The molecule has 1 aromatic rings. The van der Waals surface area contributed by atoms with Crippen LogP contribution in [0.3, 0.4) is 0 Å². The van der Waals surface area contributed by atoms with E-state index in [1.54, 1.807) is 22.8 Å².